The van der Waals surface area contributed by atoms with E-state index < -0.39 is 0 Å². The monoisotopic (exact) mass is 248 g/mol. The minimum atomic E-state index is 0.144. The van der Waals surface area contributed by atoms with Crippen LogP contribution in [0.25, 0.3) is 0 Å². The van der Waals surface area contributed by atoms with Gasteiger partial charge in [-0.1, -0.05) is 43.2 Å². The third kappa shape index (κ3) is 2.58. The van der Waals surface area contributed by atoms with Crippen LogP contribution < -0.4 is 11.3 Å². The molecule has 1 aromatic rings. The first-order valence-corrected chi connectivity index (χ1v) is 6.93. The Bertz CT molecular complexity index is 347. The summed E-state index contributed by atoms with van der Waals surface area (Å²) in [5, 5.41) is 0. The van der Waals surface area contributed by atoms with Crippen molar-refractivity contribution in [3.8, 4) is 0 Å². The average molecular weight is 248 g/mol. The molecule has 0 saturated heterocycles. The zero-order valence-electron chi connectivity index (χ0n) is 11.2. The van der Waals surface area contributed by atoms with Crippen LogP contribution in [0.15, 0.2) is 30.3 Å². The topological polar surface area (TPSA) is 47.3 Å². The van der Waals surface area contributed by atoms with Gasteiger partial charge in [0.05, 0.1) is 12.6 Å². The van der Waals surface area contributed by atoms with Gasteiger partial charge in [-0.2, -0.15) is 0 Å². The molecule has 1 aromatic carbocycles. The molecule has 2 rings (SSSR count). The second-order valence-corrected chi connectivity index (χ2v) is 5.11. The summed E-state index contributed by atoms with van der Waals surface area (Å²) in [6.07, 6.45) is 4.94. The second-order valence-electron chi connectivity index (χ2n) is 5.11. The molecular formula is C15H24N2O. The van der Waals surface area contributed by atoms with Crippen molar-refractivity contribution in [3.63, 3.8) is 0 Å². The van der Waals surface area contributed by atoms with Gasteiger partial charge in [-0.05, 0) is 25.3 Å². The second kappa shape index (κ2) is 6.32. The summed E-state index contributed by atoms with van der Waals surface area (Å²) in [5.41, 5.74) is 4.53. The molecule has 0 spiro atoms. The number of rotatable bonds is 6. The molecule has 1 unspecified atom stereocenters. The Labute approximate surface area is 110 Å². The summed E-state index contributed by atoms with van der Waals surface area (Å²) < 4.78 is 5.60. The Hall–Kier alpha value is -0.900. The molecular weight excluding hydrogens is 224 g/mol. The molecule has 3 N–H and O–H groups in total. The molecule has 1 saturated carbocycles. The zero-order chi connectivity index (χ0) is 12.8. The number of nitrogens with one attached hydrogen (secondary N) is 1. The fourth-order valence-electron chi connectivity index (χ4n) is 3.22. The lowest BCUT2D eigenvalue weighted by atomic mass is 9.73. The van der Waals surface area contributed by atoms with Crippen LogP contribution in [0.4, 0.5) is 0 Å². The fraction of sp³-hybridized carbons (Fsp3) is 0.600. The molecule has 0 aromatic heterocycles. The van der Waals surface area contributed by atoms with Crippen molar-refractivity contribution >= 4 is 0 Å². The standard InChI is InChI=1S/C15H24N2O/c1-2-18-12-14(17-16)15(10-6-7-11-15)13-8-4-3-5-9-13/h3-5,8-9,14,17H,2,6-7,10-12,16H2,1H3. The van der Waals surface area contributed by atoms with E-state index in [1.165, 1.54) is 31.2 Å². The lowest BCUT2D eigenvalue weighted by molar-refractivity contribution is 0.0923. The van der Waals surface area contributed by atoms with Gasteiger partial charge < -0.3 is 4.74 Å². The van der Waals surface area contributed by atoms with Crippen LogP contribution in [-0.2, 0) is 10.2 Å². The van der Waals surface area contributed by atoms with Crippen molar-refractivity contribution in [1.82, 2.24) is 5.43 Å². The molecule has 0 aliphatic heterocycles. The molecule has 1 fully saturated rings. The van der Waals surface area contributed by atoms with Crippen molar-refractivity contribution in [1.29, 1.82) is 0 Å². The van der Waals surface area contributed by atoms with Gasteiger partial charge in [-0.3, -0.25) is 11.3 Å². The third-order valence-corrected chi connectivity index (χ3v) is 4.20. The predicted octanol–water partition coefficient (Wildman–Crippen LogP) is 2.37. The highest BCUT2D eigenvalue weighted by Crippen LogP contribution is 2.43. The van der Waals surface area contributed by atoms with E-state index in [0.29, 0.717) is 6.61 Å². The maximum absolute atomic E-state index is 5.79. The molecule has 0 heterocycles. The Morgan fingerprint density at radius 1 is 1.28 bits per heavy atom. The van der Waals surface area contributed by atoms with Crippen molar-refractivity contribution < 1.29 is 4.74 Å². The van der Waals surface area contributed by atoms with Crippen molar-refractivity contribution in [2.75, 3.05) is 13.2 Å². The van der Waals surface area contributed by atoms with Gasteiger partial charge in [-0.25, -0.2) is 0 Å². The van der Waals surface area contributed by atoms with Gasteiger partial charge in [0.2, 0.25) is 0 Å². The van der Waals surface area contributed by atoms with Crippen LogP contribution in [0.5, 0.6) is 0 Å². The number of benzene rings is 1. The van der Waals surface area contributed by atoms with Crippen LogP contribution in [0.2, 0.25) is 0 Å². The van der Waals surface area contributed by atoms with Gasteiger partial charge >= 0.3 is 0 Å². The first kappa shape index (κ1) is 13.5. The fourth-order valence-corrected chi connectivity index (χ4v) is 3.22. The number of hydrazine groups is 1. The molecule has 1 aliphatic carbocycles. The highest BCUT2D eigenvalue weighted by molar-refractivity contribution is 5.29. The van der Waals surface area contributed by atoms with Crippen molar-refractivity contribution in [2.45, 2.75) is 44.1 Å². The largest absolute Gasteiger partial charge is 0.380 e. The quantitative estimate of drug-likeness (QED) is 0.600. The molecule has 0 bridgehead atoms. The summed E-state index contributed by atoms with van der Waals surface area (Å²) in [6, 6.07) is 10.9. The molecule has 100 valence electrons. The highest BCUT2D eigenvalue weighted by Gasteiger charge is 2.42. The molecule has 0 amide bonds. The third-order valence-electron chi connectivity index (χ3n) is 4.20. The molecule has 18 heavy (non-hydrogen) atoms. The summed E-state index contributed by atoms with van der Waals surface area (Å²) in [4.78, 5) is 0. The van der Waals surface area contributed by atoms with Crippen molar-refractivity contribution in [2.24, 2.45) is 5.84 Å². The Morgan fingerprint density at radius 2 is 1.94 bits per heavy atom. The molecule has 3 heteroatoms. The number of hydrogen-bond acceptors (Lipinski definition) is 3. The van der Waals surface area contributed by atoms with E-state index in [1.54, 1.807) is 0 Å². The van der Waals surface area contributed by atoms with E-state index in [9.17, 15) is 0 Å². The smallest absolute Gasteiger partial charge is 0.0641 e. The van der Waals surface area contributed by atoms with Crippen molar-refractivity contribution in [3.05, 3.63) is 35.9 Å². The van der Waals surface area contributed by atoms with Crippen LogP contribution in [0.3, 0.4) is 0 Å². The first-order valence-electron chi connectivity index (χ1n) is 6.93. The van der Waals surface area contributed by atoms with Gasteiger partial charge in [0.15, 0.2) is 0 Å². The Balaban J connectivity index is 2.25. The lowest BCUT2D eigenvalue weighted by Crippen LogP contribution is -2.52. The van der Waals surface area contributed by atoms with Gasteiger partial charge in [0.1, 0.15) is 0 Å². The average Bonchev–Trinajstić information content (AvgIpc) is 2.91. The van der Waals surface area contributed by atoms with Gasteiger partial charge in [0, 0.05) is 12.0 Å². The zero-order valence-corrected chi connectivity index (χ0v) is 11.2. The van der Waals surface area contributed by atoms with Crippen LogP contribution in [-0.4, -0.2) is 19.3 Å². The van der Waals surface area contributed by atoms with Gasteiger partial charge in [-0.15, -0.1) is 0 Å². The van der Waals surface area contributed by atoms with Crippen LogP contribution in [0.1, 0.15) is 38.2 Å². The maximum atomic E-state index is 5.79. The van der Waals surface area contributed by atoms with E-state index in [4.69, 9.17) is 10.6 Å². The summed E-state index contributed by atoms with van der Waals surface area (Å²) in [5.74, 6) is 5.79. The van der Waals surface area contributed by atoms with E-state index in [0.717, 1.165) is 6.61 Å². The number of hydrogen-bond donors (Lipinski definition) is 2. The van der Waals surface area contributed by atoms with E-state index in [1.807, 2.05) is 6.92 Å². The van der Waals surface area contributed by atoms with Crippen LogP contribution in [0, 0.1) is 0 Å². The van der Waals surface area contributed by atoms with Crippen LogP contribution >= 0.6 is 0 Å². The molecule has 3 nitrogen and oxygen atoms in total. The highest BCUT2D eigenvalue weighted by atomic mass is 16.5. The first-order chi connectivity index (χ1) is 8.83. The molecule has 1 aliphatic rings. The summed E-state index contributed by atoms with van der Waals surface area (Å²) in [6.45, 7) is 3.45. The molecule has 1 atom stereocenters. The maximum Gasteiger partial charge on any atom is 0.0641 e. The Kier molecular flexibility index (Phi) is 4.75. The minimum Gasteiger partial charge on any atom is -0.380 e. The van der Waals surface area contributed by atoms with E-state index in [-0.39, 0.29) is 11.5 Å². The Morgan fingerprint density at radius 3 is 2.50 bits per heavy atom. The SMILES string of the molecule is CCOCC(NN)C1(c2ccccc2)CCCC1. The number of nitrogens with two attached hydrogens (primary N) is 1. The van der Waals surface area contributed by atoms with E-state index in [2.05, 4.69) is 35.8 Å². The van der Waals surface area contributed by atoms with E-state index >= 15 is 0 Å². The van der Waals surface area contributed by atoms with Gasteiger partial charge in [0.25, 0.3) is 0 Å². The minimum absolute atomic E-state index is 0.144. The molecule has 0 radical (unpaired) electrons. The lowest BCUT2D eigenvalue weighted by Gasteiger charge is -2.37. The number of ether oxygens (including phenoxy) is 1. The normalized spacial score (nSPS) is 19.9. The predicted molar refractivity (Wildman–Crippen MR) is 74.2 cm³/mol. The summed E-state index contributed by atoms with van der Waals surface area (Å²) >= 11 is 0. The summed E-state index contributed by atoms with van der Waals surface area (Å²) in [7, 11) is 0.